The number of imidazole rings is 1. The first-order valence-electron chi connectivity index (χ1n) is 6.56. The van der Waals surface area contributed by atoms with E-state index in [1.807, 2.05) is 17.6 Å². The monoisotopic (exact) mass is 285 g/mol. The Morgan fingerprint density at radius 1 is 1.52 bits per heavy atom. The Kier molecular flexibility index (Phi) is 3.17. The van der Waals surface area contributed by atoms with Gasteiger partial charge in [0.2, 0.25) is 0 Å². The molecule has 1 aliphatic rings. The minimum atomic E-state index is -0.441. The summed E-state index contributed by atoms with van der Waals surface area (Å²) < 4.78 is 7.54. The van der Waals surface area contributed by atoms with E-state index in [9.17, 15) is 4.79 Å². The second-order valence-corrected chi connectivity index (χ2v) is 4.87. The SMILES string of the molecule is CC(N)=NC(=O)c1cn2c(n1)-c1cc(C)ncc1OCC2. The predicted octanol–water partition coefficient (Wildman–Crippen LogP) is 1.16. The Hall–Kier alpha value is -2.70. The lowest BCUT2D eigenvalue weighted by Gasteiger charge is -2.05. The fourth-order valence-electron chi connectivity index (χ4n) is 2.21. The molecule has 1 aliphatic heterocycles. The number of ether oxygens (including phenoxy) is 1. The highest BCUT2D eigenvalue weighted by Gasteiger charge is 2.21. The lowest BCUT2D eigenvalue weighted by molar-refractivity contribution is 0.0998. The van der Waals surface area contributed by atoms with Crippen LogP contribution in [0.4, 0.5) is 0 Å². The van der Waals surface area contributed by atoms with E-state index >= 15 is 0 Å². The van der Waals surface area contributed by atoms with Crippen molar-refractivity contribution in [2.45, 2.75) is 20.4 Å². The molecule has 3 heterocycles. The lowest BCUT2D eigenvalue weighted by Crippen LogP contribution is -2.09. The summed E-state index contributed by atoms with van der Waals surface area (Å²) in [5, 5.41) is 0. The standard InChI is InChI=1S/C14H15N5O2/c1-8-5-10-12(6-16-8)21-4-3-19-7-11(18-13(10)19)14(20)17-9(2)15/h5-7H,3-4H2,1-2H3,(H2,15,17,20). The molecule has 0 aliphatic carbocycles. The van der Waals surface area contributed by atoms with Crippen LogP contribution in [0.1, 0.15) is 23.1 Å². The van der Waals surface area contributed by atoms with E-state index in [1.54, 1.807) is 19.3 Å². The molecule has 0 aromatic carbocycles. The summed E-state index contributed by atoms with van der Waals surface area (Å²) in [6.45, 7) is 4.56. The molecule has 21 heavy (non-hydrogen) atoms. The van der Waals surface area contributed by atoms with Crippen LogP contribution < -0.4 is 10.5 Å². The number of aliphatic imine (C=N–C) groups is 1. The summed E-state index contributed by atoms with van der Waals surface area (Å²) in [6, 6.07) is 1.89. The summed E-state index contributed by atoms with van der Waals surface area (Å²) in [6.07, 6.45) is 3.36. The van der Waals surface area contributed by atoms with Crippen LogP contribution in [0.15, 0.2) is 23.5 Å². The van der Waals surface area contributed by atoms with Crippen LogP contribution in [-0.2, 0) is 6.54 Å². The lowest BCUT2D eigenvalue weighted by atomic mass is 10.2. The molecule has 0 saturated carbocycles. The molecule has 0 spiro atoms. The van der Waals surface area contributed by atoms with E-state index in [-0.39, 0.29) is 11.5 Å². The molecule has 0 unspecified atom stereocenters. The molecule has 0 atom stereocenters. The first kappa shape index (κ1) is 13.3. The van der Waals surface area contributed by atoms with Crippen molar-refractivity contribution in [3.63, 3.8) is 0 Å². The molecule has 0 bridgehead atoms. The van der Waals surface area contributed by atoms with Gasteiger partial charge < -0.3 is 15.0 Å². The molecule has 2 aromatic rings. The third-order valence-corrected chi connectivity index (χ3v) is 3.11. The van der Waals surface area contributed by atoms with Gasteiger partial charge in [0.1, 0.15) is 29.7 Å². The van der Waals surface area contributed by atoms with E-state index in [4.69, 9.17) is 10.5 Å². The highest BCUT2D eigenvalue weighted by atomic mass is 16.5. The van der Waals surface area contributed by atoms with Crippen molar-refractivity contribution in [1.29, 1.82) is 0 Å². The maximum atomic E-state index is 12.0. The zero-order chi connectivity index (χ0) is 15.0. The zero-order valence-electron chi connectivity index (χ0n) is 11.8. The molecular formula is C14H15N5O2. The van der Waals surface area contributed by atoms with Gasteiger partial charge in [0.25, 0.3) is 5.91 Å². The highest BCUT2D eigenvalue weighted by Crippen LogP contribution is 2.31. The fraction of sp³-hybridized carbons (Fsp3) is 0.286. The Morgan fingerprint density at radius 2 is 2.33 bits per heavy atom. The number of pyridine rings is 1. The molecule has 1 amide bonds. The number of aromatic nitrogens is 3. The molecular weight excluding hydrogens is 270 g/mol. The van der Waals surface area contributed by atoms with Gasteiger partial charge in [-0.25, -0.2) is 4.98 Å². The van der Waals surface area contributed by atoms with E-state index in [2.05, 4.69) is 15.0 Å². The van der Waals surface area contributed by atoms with Gasteiger partial charge in [-0.1, -0.05) is 0 Å². The van der Waals surface area contributed by atoms with Crippen molar-refractivity contribution in [2.24, 2.45) is 10.7 Å². The molecule has 108 valence electrons. The summed E-state index contributed by atoms with van der Waals surface area (Å²) in [5.41, 5.74) is 7.40. The van der Waals surface area contributed by atoms with E-state index < -0.39 is 5.91 Å². The summed E-state index contributed by atoms with van der Waals surface area (Å²) >= 11 is 0. The van der Waals surface area contributed by atoms with Gasteiger partial charge in [-0.2, -0.15) is 4.99 Å². The molecule has 7 nitrogen and oxygen atoms in total. The first-order chi connectivity index (χ1) is 10.0. The Bertz CT molecular complexity index is 744. The number of fused-ring (bicyclic) bond motifs is 3. The van der Waals surface area contributed by atoms with Gasteiger partial charge in [0, 0.05) is 11.9 Å². The van der Waals surface area contributed by atoms with Crippen molar-refractivity contribution in [3.8, 4) is 17.1 Å². The minimum absolute atomic E-state index is 0.215. The van der Waals surface area contributed by atoms with Crippen molar-refractivity contribution in [1.82, 2.24) is 14.5 Å². The van der Waals surface area contributed by atoms with Gasteiger partial charge in [0.15, 0.2) is 0 Å². The van der Waals surface area contributed by atoms with Crippen LogP contribution in [0.3, 0.4) is 0 Å². The van der Waals surface area contributed by atoms with Gasteiger partial charge in [-0.05, 0) is 19.9 Å². The zero-order valence-corrected chi connectivity index (χ0v) is 11.8. The molecule has 0 fully saturated rings. The number of carbonyl (C=O) groups is 1. The maximum Gasteiger partial charge on any atom is 0.298 e. The van der Waals surface area contributed by atoms with Crippen LogP contribution in [0.25, 0.3) is 11.4 Å². The van der Waals surface area contributed by atoms with Crippen LogP contribution in [0.2, 0.25) is 0 Å². The third-order valence-electron chi connectivity index (χ3n) is 3.11. The summed E-state index contributed by atoms with van der Waals surface area (Å²) in [5.74, 6) is 1.12. The quantitative estimate of drug-likeness (QED) is 0.626. The van der Waals surface area contributed by atoms with Gasteiger partial charge in [0.05, 0.1) is 18.3 Å². The van der Waals surface area contributed by atoms with Crippen molar-refractivity contribution in [2.75, 3.05) is 6.61 Å². The number of hydrogen-bond donors (Lipinski definition) is 1. The molecule has 0 saturated heterocycles. The predicted molar refractivity (Wildman–Crippen MR) is 77.3 cm³/mol. The number of nitrogens with two attached hydrogens (primary N) is 1. The third kappa shape index (κ3) is 2.49. The smallest absolute Gasteiger partial charge is 0.298 e. The van der Waals surface area contributed by atoms with Crippen LogP contribution in [0, 0.1) is 6.92 Å². The van der Waals surface area contributed by atoms with Gasteiger partial charge in [-0.15, -0.1) is 0 Å². The molecule has 0 radical (unpaired) electrons. The number of nitrogens with zero attached hydrogens (tertiary/aromatic N) is 4. The Balaban J connectivity index is 2.11. The minimum Gasteiger partial charge on any atom is -0.489 e. The normalized spacial score (nSPS) is 13.9. The average Bonchev–Trinajstić information content (AvgIpc) is 2.77. The fourth-order valence-corrected chi connectivity index (χ4v) is 2.21. The highest BCUT2D eigenvalue weighted by molar-refractivity contribution is 6.01. The number of hydrogen-bond acceptors (Lipinski definition) is 4. The van der Waals surface area contributed by atoms with E-state index in [1.165, 1.54) is 0 Å². The largest absolute Gasteiger partial charge is 0.489 e. The van der Waals surface area contributed by atoms with Crippen molar-refractivity contribution >= 4 is 11.7 Å². The average molecular weight is 285 g/mol. The number of aryl methyl sites for hydroxylation is 1. The van der Waals surface area contributed by atoms with E-state index in [0.717, 1.165) is 11.3 Å². The van der Waals surface area contributed by atoms with Crippen molar-refractivity contribution < 1.29 is 9.53 Å². The number of rotatable bonds is 1. The topological polar surface area (TPSA) is 95.4 Å². The van der Waals surface area contributed by atoms with Gasteiger partial charge >= 0.3 is 0 Å². The van der Waals surface area contributed by atoms with Crippen LogP contribution in [0.5, 0.6) is 5.75 Å². The second-order valence-electron chi connectivity index (χ2n) is 4.87. The van der Waals surface area contributed by atoms with Crippen LogP contribution in [-0.4, -0.2) is 32.9 Å². The Labute approximate surface area is 121 Å². The summed E-state index contributed by atoms with van der Waals surface area (Å²) in [7, 11) is 0. The maximum absolute atomic E-state index is 12.0. The molecule has 7 heteroatoms. The molecule has 2 N–H and O–H groups in total. The van der Waals surface area contributed by atoms with Crippen molar-refractivity contribution in [3.05, 3.63) is 29.8 Å². The second kappa shape index (κ2) is 5.01. The summed E-state index contributed by atoms with van der Waals surface area (Å²) in [4.78, 5) is 24.3. The molecule has 2 aromatic heterocycles. The number of carbonyl (C=O) groups excluding carboxylic acids is 1. The van der Waals surface area contributed by atoms with Gasteiger partial charge in [-0.3, -0.25) is 9.78 Å². The Morgan fingerprint density at radius 3 is 3.10 bits per heavy atom. The van der Waals surface area contributed by atoms with Crippen LogP contribution >= 0.6 is 0 Å². The number of amidine groups is 1. The number of amides is 1. The molecule has 3 rings (SSSR count). The first-order valence-corrected chi connectivity index (χ1v) is 6.56. The van der Waals surface area contributed by atoms with E-state index in [0.29, 0.717) is 24.7 Å².